The van der Waals surface area contributed by atoms with E-state index in [1.807, 2.05) is 39.0 Å². The molecule has 1 rings (SSSR count). The van der Waals surface area contributed by atoms with Gasteiger partial charge in [0.15, 0.2) is 0 Å². The number of carbonyl (C=O) groups is 2. The van der Waals surface area contributed by atoms with Gasteiger partial charge in [-0.3, -0.25) is 4.79 Å². The Morgan fingerprint density at radius 3 is 2.63 bits per heavy atom. The lowest BCUT2D eigenvalue weighted by molar-refractivity contribution is 0.0528. The number of hydrogen-bond acceptors (Lipinski definition) is 3. The highest BCUT2D eigenvalue weighted by atomic mass is 127. The molecular weight excluding hydrogens is 357 g/mol. The van der Waals surface area contributed by atoms with Gasteiger partial charge in [-0.1, -0.05) is 0 Å². The van der Waals surface area contributed by atoms with Gasteiger partial charge in [0.05, 0.1) is 0 Å². The summed E-state index contributed by atoms with van der Waals surface area (Å²) in [5.74, 6) is 0. The summed E-state index contributed by atoms with van der Waals surface area (Å²) < 4.78 is 6.15. The fourth-order valence-electron chi connectivity index (χ4n) is 1.51. The molecule has 0 aliphatic heterocycles. The maximum atomic E-state index is 11.4. The lowest BCUT2D eigenvalue weighted by atomic mass is 10.1. The van der Waals surface area contributed by atoms with Crippen molar-refractivity contribution in [2.45, 2.75) is 32.8 Å². The van der Waals surface area contributed by atoms with E-state index in [4.69, 9.17) is 4.74 Å². The minimum Gasteiger partial charge on any atom is -0.444 e. The predicted molar refractivity (Wildman–Crippen MR) is 82.5 cm³/mol. The Morgan fingerprint density at radius 1 is 1.37 bits per heavy atom. The minimum absolute atomic E-state index is 0.422. The van der Waals surface area contributed by atoms with E-state index in [-0.39, 0.29) is 0 Å². The SMILES string of the molecule is CC(C)(C)OC(=O)NCCc1cc(I)cc(C=O)c1. The molecule has 1 amide bonds. The molecule has 0 saturated carbocycles. The number of carbonyl (C=O) groups excluding carboxylic acids is 2. The summed E-state index contributed by atoms with van der Waals surface area (Å²) in [5.41, 5.74) is 1.18. The van der Waals surface area contributed by atoms with E-state index in [9.17, 15) is 9.59 Å². The van der Waals surface area contributed by atoms with Gasteiger partial charge in [0.2, 0.25) is 0 Å². The molecule has 0 unspecified atom stereocenters. The van der Waals surface area contributed by atoms with Crippen LogP contribution in [0, 0.1) is 3.57 Å². The van der Waals surface area contributed by atoms with Crippen LogP contribution in [0.4, 0.5) is 4.79 Å². The third-order valence-electron chi connectivity index (χ3n) is 2.20. The van der Waals surface area contributed by atoms with Crippen LogP contribution in [0.2, 0.25) is 0 Å². The number of benzene rings is 1. The van der Waals surface area contributed by atoms with E-state index in [2.05, 4.69) is 27.9 Å². The molecule has 0 atom stereocenters. The van der Waals surface area contributed by atoms with Gasteiger partial charge in [0.25, 0.3) is 0 Å². The lowest BCUT2D eigenvalue weighted by Crippen LogP contribution is -2.33. The van der Waals surface area contributed by atoms with Crippen molar-refractivity contribution in [2.24, 2.45) is 0 Å². The molecule has 0 aromatic heterocycles. The second-order valence-electron chi connectivity index (χ2n) is 5.19. The Hall–Kier alpha value is -1.11. The molecular formula is C14H18INO3. The second-order valence-corrected chi connectivity index (χ2v) is 6.43. The first kappa shape index (κ1) is 15.9. The molecule has 104 valence electrons. The number of rotatable bonds is 4. The van der Waals surface area contributed by atoms with Gasteiger partial charge in [-0.25, -0.2) is 4.79 Å². The van der Waals surface area contributed by atoms with Crippen LogP contribution in [0.1, 0.15) is 36.7 Å². The van der Waals surface area contributed by atoms with Crippen molar-refractivity contribution < 1.29 is 14.3 Å². The topological polar surface area (TPSA) is 55.4 Å². The summed E-state index contributed by atoms with van der Waals surface area (Å²) >= 11 is 2.17. The summed E-state index contributed by atoms with van der Waals surface area (Å²) in [6, 6.07) is 5.63. The van der Waals surface area contributed by atoms with Crippen LogP contribution >= 0.6 is 22.6 Å². The van der Waals surface area contributed by atoms with Gasteiger partial charge in [-0.05, 0) is 73.5 Å². The average molecular weight is 375 g/mol. The lowest BCUT2D eigenvalue weighted by Gasteiger charge is -2.19. The van der Waals surface area contributed by atoms with Crippen molar-refractivity contribution in [1.82, 2.24) is 5.32 Å². The first-order chi connectivity index (χ1) is 8.80. The number of halogens is 1. The normalized spacial score (nSPS) is 10.9. The van der Waals surface area contributed by atoms with Crippen molar-refractivity contribution in [1.29, 1.82) is 0 Å². The minimum atomic E-state index is -0.489. The van der Waals surface area contributed by atoms with Gasteiger partial charge in [0, 0.05) is 15.7 Å². The Labute approximate surface area is 127 Å². The van der Waals surface area contributed by atoms with Gasteiger partial charge in [0.1, 0.15) is 11.9 Å². The maximum Gasteiger partial charge on any atom is 0.407 e. The summed E-state index contributed by atoms with van der Waals surface area (Å²) in [5, 5.41) is 2.69. The molecule has 0 saturated heterocycles. The number of hydrogen-bond donors (Lipinski definition) is 1. The van der Waals surface area contributed by atoms with Crippen molar-refractivity contribution in [3.63, 3.8) is 0 Å². The zero-order chi connectivity index (χ0) is 14.5. The van der Waals surface area contributed by atoms with Gasteiger partial charge in [-0.15, -0.1) is 0 Å². The Morgan fingerprint density at radius 2 is 2.05 bits per heavy atom. The van der Waals surface area contributed by atoms with E-state index in [1.165, 1.54) is 0 Å². The van der Waals surface area contributed by atoms with Crippen molar-refractivity contribution in [3.8, 4) is 0 Å². The Bertz CT molecular complexity index is 466. The van der Waals surface area contributed by atoms with Crippen LogP contribution in [-0.4, -0.2) is 24.5 Å². The van der Waals surface area contributed by atoms with Crippen LogP contribution in [0.3, 0.4) is 0 Å². The van der Waals surface area contributed by atoms with Crippen molar-refractivity contribution in [2.75, 3.05) is 6.54 Å². The molecule has 4 nitrogen and oxygen atoms in total. The number of amides is 1. The standard InChI is InChI=1S/C14H18INO3/c1-14(2,3)19-13(18)16-5-4-10-6-11(9-17)8-12(15)7-10/h6-9H,4-5H2,1-3H3,(H,16,18). The van der Waals surface area contributed by atoms with Crippen LogP contribution in [0.15, 0.2) is 18.2 Å². The number of alkyl carbamates (subject to hydrolysis) is 1. The van der Waals surface area contributed by atoms with Crippen LogP contribution in [-0.2, 0) is 11.2 Å². The van der Waals surface area contributed by atoms with Gasteiger partial charge >= 0.3 is 6.09 Å². The molecule has 0 spiro atoms. The third-order valence-corrected chi connectivity index (χ3v) is 2.82. The summed E-state index contributed by atoms with van der Waals surface area (Å²) in [6.07, 6.45) is 1.07. The summed E-state index contributed by atoms with van der Waals surface area (Å²) in [4.78, 5) is 22.2. The average Bonchev–Trinajstić information content (AvgIpc) is 2.25. The molecule has 0 bridgehead atoms. The number of nitrogens with one attached hydrogen (secondary N) is 1. The number of ether oxygens (including phenoxy) is 1. The largest absolute Gasteiger partial charge is 0.444 e. The third kappa shape index (κ3) is 6.56. The molecule has 19 heavy (non-hydrogen) atoms. The maximum absolute atomic E-state index is 11.4. The molecule has 5 heteroatoms. The molecule has 1 aromatic carbocycles. The van der Waals surface area contributed by atoms with Crippen molar-refractivity contribution in [3.05, 3.63) is 32.9 Å². The van der Waals surface area contributed by atoms with Gasteiger partial charge < -0.3 is 10.1 Å². The zero-order valence-corrected chi connectivity index (χ0v) is 13.5. The molecule has 0 aliphatic rings. The smallest absolute Gasteiger partial charge is 0.407 e. The first-order valence-electron chi connectivity index (χ1n) is 6.01. The van der Waals surface area contributed by atoms with Crippen LogP contribution in [0.5, 0.6) is 0 Å². The van der Waals surface area contributed by atoms with E-state index < -0.39 is 11.7 Å². The van der Waals surface area contributed by atoms with E-state index in [1.54, 1.807) is 0 Å². The van der Waals surface area contributed by atoms with E-state index in [0.717, 1.165) is 15.4 Å². The van der Waals surface area contributed by atoms with Crippen molar-refractivity contribution >= 4 is 35.0 Å². The Balaban J connectivity index is 2.47. The molecule has 0 fully saturated rings. The van der Waals surface area contributed by atoms with Crippen LogP contribution in [0.25, 0.3) is 0 Å². The fraction of sp³-hybridized carbons (Fsp3) is 0.429. The quantitative estimate of drug-likeness (QED) is 0.650. The first-order valence-corrected chi connectivity index (χ1v) is 7.09. The number of aldehydes is 1. The van der Waals surface area contributed by atoms with Crippen LogP contribution < -0.4 is 5.32 Å². The van der Waals surface area contributed by atoms with Gasteiger partial charge in [-0.2, -0.15) is 0 Å². The highest BCUT2D eigenvalue weighted by Gasteiger charge is 2.15. The van der Waals surface area contributed by atoms with E-state index in [0.29, 0.717) is 18.5 Å². The molecule has 1 N–H and O–H groups in total. The highest BCUT2D eigenvalue weighted by Crippen LogP contribution is 2.12. The molecule has 0 aliphatic carbocycles. The predicted octanol–water partition coefficient (Wildman–Crippen LogP) is 3.17. The monoisotopic (exact) mass is 375 g/mol. The Kier molecular flexibility index (Phi) is 5.78. The highest BCUT2D eigenvalue weighted by molar-refractivity contribution is 14.1. The second kappa shape index (κ2) is 6.88. The van der Waals surface area contributed by atoms with E-state index >= 15 is 0 Å². The molecule has 0 radical (unpaired) electrons. The summed E-state index contributed by atoms with van der Waals surface area (Å²) in [7, 11) is 0. The fourth-order valence-corrected chi connectivity index (χ4v) is 2.27. The molecule has 0 heterocycles. The zero-order valence-electron chi connectivity index (χ0n) is 11.3. The molecule has 1 aromatic rings. The summed E-state index contributed by atoms with van der Waals surface area (Å²) in [6.45, 7) is 5.95.